The summed E-state index contributed by atoms with van der Waals surface area (Å²) in [7, 11) is -2.01. The summed E-state index contributed by atoms with van der Waals surface area (Å²) in [6.45, 7) is 4.50. The highest BCUT2D eigenvalue weighted by Gasteiger charge is 2.26. The number of anilines is 1. The minimum absolute atomic E-state index is 0.0714. The first-order chi connectivity index (χ1) is 16.6. The Morgan fingerprint density at radius 1 is 1.14 bits per heavy atom. The van der Waals surface area contributed by atoms with Crippen LogP contribution in [0.5, 0.6) is 5.75 Å². The summed E-state index contributed by atoms with van der Waals surface area (Å²) in [4.78, 5) is 27.4. The molecule has 8 nitrogen and oxygen atoms in total. The first kappa shape index (κ1) is 28.5. The SMILES string of the molecule is CCCNC(=O)[C@H](C)N(Cc1cccc(OC)c1)C(=O)CCCN(c1cccc(Cl)c1)S(C)(=O)=O. The number of carbonyl (C=O) groups excluding carboxylic acids is 2. The Hall–Kier alpha value is -2.78. The van der Waals surface area contributed by atoms with Crippen LogP contribution in [0.3, 0.4) is 0 Å². The Labute approximate surface area is 213 Å². The van der Waals surface area contributed by atoms with Gasteiger partial charge in [-0.3, -0.25) is 13.9 Å². The van der Waals surface area contributed by atoms with E-state index in [4.69, 9.17) is 16.3 Å². The van der Waals surface area contributed by atoms with Crippen molar-refractivity contribution >= 4 is 39.1 Å². The fourth-order valence-electron chi connectivity index (χ4n) is 3.58. The van der Waals surface area contributed by atoms with E-state index in [1.807, 2.05) is 31.2 Å². The fraction of sp³-hybridized carbons (Fsp3) is 0.440. The molecule has 0 aliphatic rings. The van der Waals surface area contributed by atoms with Gasteiger partial charge < -0.3 is 15.0 Å². The summed E-state index contributed by atoms with van der Waals surface area (Å²) in [6.07, 6.45) is 2.25. The molecule has 0 saturated carbocycles. The third kappa shape index (κ3) is 8.74. The number of benzene rings is 2. The molecule has 0 spiro atoms. The Morgan fingerprint density at radius 3 is 2.49 bits per heavy atom. The van der Waals surface area contributed by atoms with E-state index in [1.165, 1.54) is 9.21 Å². The van der Waals surface area contributed by atoms with Crippen LogP contribution >= 0.6 is 11.6 Å². The second-order valence-electron chi connectivity index (χ2n) is 8.26. The Balaban J connectivity index is 2.17. The first-order valence-electron chi connectivity index (χ1n) is 11.5. The summed E-state index contributed by atoms with van der Waals surface area (Å²) in [6, 6.07) is 13.2. The topological polar surface area (TPSA) is 96.0 Å². The molecule has 2 rings (SSSR count). The molecule has 2 aromatic rings. The molecular weight excluding hydrogens is 490 g/mol. The quantitative estimate of drug-likeness (QED) is 0.430. The third-order valence-corrected chi connectivity index (χ3v) is 6.88. The average molecular weight is 524 g/mol. The van der Waals surface area contributed by atoms with Crippen molar-refractivity contribution < 1.29 is 22.7 Å². The number of nitrogens with one attached hydrogen (secondary N) is 1. The van der Waals surface area contributed by atoms with Crippen LogP contribution in [0.15, 0.2) is 48.5 Å². The molecule has 0 aromatic heterocycles. The molecule has 0 aliphatic carbocycles. The Bertz CT molecular complexity index is 1110. The van der Waals surface area contributed by atoms with Crippen molar-refractivity contribution in [3.8, 4) is 5.75 Å². The zero-order valence-corrected chi connectivity index (χ0v) is 22.2. The normalized spacial score (nSPS) is 12.0. The van der Waals surface area contributed by atoms with Crippen molar-refractivity contribution in [2.24, 2.45) is 0 Å². The number of amides is 2. The number of sulfonamides is 1. The van der Waals surface area contributed by atoms with Gasteiger partial charge in [0.25, 0.3) is 0 Å². The molecule has 10 heteroatoms. The van der Waals surface area contributed by atoms with Crippen LogP contribution in [0, 0.1) is 0 Å². The van der Waals surface area contributed by atoms with Gasteiger partial charge in [-0.1, -0.05) is 36.7 Å². The lowest BCUT2D eigenvalue weighted by atomic mass is 10.1. The van der Waals surface area contributed by atoms with E-state index in [9.17, 15) is 18.0 Å². The van der Waals surface area contributed by atoms with Gasteiger partial charge in [0.15, 0.2) is 0 Å². The zero-order valence-electron chi connectivity index (χ0n) is 20.7. The van der Waals surface area contributed by atoms with Crippen LogP contribution in [0.2, 0.25) is 5.02 Å². The number of rotatable bonds is 13. The van der Waals surface area contributed by atoms with Gasteiger partial charge in [-0.15, -0.1) is 0 Å². The van der Waals surface area contributed by atoms with Crippen molar-refractivity contribution in [1.29, 1.82) is 0 Å². The number of methoxy groups -OCH3 is 1. The molecule has 0 fully saturated rings. The summed E-state index contributed by atoms with van der Waals surface area (Å²) < 4.78 is 31.3. The van der Waals surface area contributed by atoms with Crippen molar-refractivity contribution in [3.63, 3.8) is 0 Å². The van der Waals surface area contributed by atoms with Crippen LogP contribution in [0.4, 0.5) is 5.69 Å². The second-order valence-corrected chi connectivity index (χ2v) is 10.6. The minimum atomic E-state index is -3.58. The smallest absolute Gasteiger partial charge is 0.242 e. The van der Waals surface area contributed by atoms with Crippen LogP contribution in [-0.4, -0.2) is 57.6 Å². The van der Waals surface area contributed by atoms with E-state index < -0.39 is 16.1 Å². The maximum atomic E-state index is 13.3. The molecule has 1 atom stereocenters. The molecular formula is C25H34ClN3O5S. The predicted molar refractivity (Wildman–Crippen MR) is 139 cm³/mol. The lowest BCUT2D eigenvalue weighted by Crippen LogP contribution is -2.47. The zero-order chi connectivity index (χ0) is 26.0. The second kappa shape index (κ2) is 13.3. The predicted octanol–water partition coefficient (Wildman–Crippen LogP) is 3.84. The molecule has 2 aromatic carbocycles. The molecule has 2 amide bonds. The fourth-order valence-corrected chi connectivity index (χ4v) is 4.72. The van der Waals surface area contributed by atoms with Gasteiger partial charge in [-0.25, -0.2) is 8.42 Å². The van der Waals surface area contributed by atoms with E-state index in [0.717, 1.165) is 18.2 Å². The van der Waals surface area contributed by atoms with E-state index in [2.05, 4.69) is 5.32 Å². The maximum Gasteiger partial charge on any atom is 0.242 e. The van der Waals surface area contributed by atoms with Crippen molar-refractivity contribution in [1.82, 2.24) is 10.2 Å². The summed E-state index contributed by atoms with van der Waals surface area (Å²) in [5.41, 5.74) is 1.26. The molecule has 1 N–H and O–H groups in total. The third-order valence-electron chi connectivity index (χ3n) is 5.45. The number of hydrogen-bond acceptors (Lipinski definition) is 5. The van der Waals surface area contributed by atoms with E-state index in [1.54, 1.807) is 38.3 Å². The lowest BCUT2D eigenvalue weighted by Gasteiger charge is -2.29. The Morgan fingerprint density at radius 2 is 1.86 bits per heavy atom. The number of halogens is 1. The van der Waals surface area contributed by atoms with E-state index in [0.29, 0.717) is 23.0 Å². The van der Waals surface area contributed by atoms with Crippen molar-refractivity contribution in [2.45, 2.75) is 45.7 Å². The monoisotopic (exact) mass is 523 g/mol. The largest absolute Gasteiger partial charge is 0.497 e. The van der Waals surface area contributed by atoms with Gasteiger partial charge in [-0.2, -0.15) is 0 Å². The van der Waals surface area contributed by atoms with Crippen LogP contribution in [-0.2, 0) is 26.2 Å². The summed E-state index contributed by atoms with van der Waals surface area (Å²) in [5, 5.41) is 3.26. The lowest BCUT2D eigenvalue weighted by molar-refractivity contribution is -0.140. The molecule has 35 heavy (non-hydrogen) atoms. The summed E-state index contributed by atoms with van der Waals surface area (Å²) in [5.74, 6) is 0.176. The van der Waals surface area contributed by atoms with Gasteiger partial charge in [0, 0.05) is 31.1 Å². The van der Waals surface area contributed by atoms with Crippen molar-refractivity contribution in [2.75, 3.05) is 30.8 Å². The average Bonchev–Trinajstić information content (AvgIpc) is 2.82. The van der Waals surface area contributed by atoms with Crippen molar-refractivity contribution in [3.05, 3.63) is 59.1 Å². The number of carbonyl (C=O) groups is 2. The van der Waals surface area contributed by atoms with Crippen LogP contribution in [0.1, 0.15) is 38.7 Å². The molecule has 192 valence electrons. The molecule has 0 radical (unpaired) electrons. The van der Waals surface area contributed by atoms with Gasteiger partial charge >= 0.3 is 0 Å². The van der Waals surface area contributed by atoms with Crippen LogP contribution in [0.25, 0.3) is 0 Å². The first-order valence-corrected chi connectivity index (χ1v) is 13.7. The van der Waals surface area contributed by atoms with Gasteiger partial charge in [0.1, 0.15) is 11.8 Å². The van der Waals surface area contributed by atoms with Gasteiger partial charge in [0.05, 0.1) is 19.1 Å². The van der Waals surface area contributed by atoms with E-state index in [-0.39, 0.29) is 37.7 Å². The minimum Gasteiger partial charge on any atom is -0.497 e. The molecule has 0 bridgehead atoms. The number of nitrogens with zero attached hydrogens (tertiary/aromatic N) is 2. The highest BCUT2D eigenvalue weighted by molar-refractivity contribution is 7.92. The standard InChI is InChI=1S/C25H34ClN3O5S/c1-5-14-27-25(31)19(2)28(18-20-9-6-12-23(16-20)34-3)24(30)13-8-15-29(35(4,32)33)22-11-7-10-21(26)17-22/h6-7,9-12,16-17,19H,5,8,13-15,18H2,1-4H3,(H,27,31)/t19-/m0/s1. The molecule has 0 unspecified atom stereocenters. The summed E-state index contributed by atoms with van der Waals surface area (Å²) >= 11 is 6.04. The molecule has 0 heterocycles. The van der Waals surface area contributed by atoms with Crippen LogP contribution < -0.4 is 14.4 Å². The highest BCUT2D eigenvalue weighted by Crippen LogP contribution is 2.23. The van der Waals surface area contributed by atoms with Gasteiger partial charge in [-0.05, 0) is 55.7 Å². The number of hydrogen-bond donors (Lipinski definition) is 1. The maximum absolute atomic E-state index is 13.3. The molecule has 0 saturated heterocycles. The highest BCUT2D eigenvalue weighted by atomic mass is 35.5. The Kier molecular flexibility index (Phi) is 10.9. The number of ether oxygens (including phenoxy) is 1. The molecule has 0 aliphatic heterocycles. The van der Waals surface area contributed by atoms with E-state index >= 15 is 0 Å². The van der Waals surface area contributed by atoms with Gasteiger partial charge in [0.2, 0.25) is 21.8 Å².